The van der Waals surface area contributed by atoms with Crippen LogP contribution in [0.4, 0.5) is 0 Å². The lowest BCUT2D eigenvalue weighted by Crippen LogP contribution is -2.22. The molecule has 0 fully saturated rings. The molecule has 2 aromatic carbocycles. The predicted molar refractivity (Wildman–Crippen MR) is 109 cm³/mol. The number of amides is 1. The van der Waals surface area contributed by atoms with Crippen LogP contribution in [0.15, 0.2) is 66.9 Å². The average Bonchev–Trinajstić information content (AvgIpc) is 3.09. The van der Waals surface area contributed by atoms with E-state index >= 15 is 0 Å². The number of hydrogen-bond donors (Lipinski definition) is 1. The molecule has 0 radical (unpaired) electrons. The van der Waals surface area contributed by atoms with Crippen LogP contribution < -0.4 is 5.32 Å². The molecule has 1 N–H and O–H groups in total. The van der Waals surface area contributed by atoms with Crippen molar-refractivity contribution in [1.82, 2.24) is 15.1 Å². The van der Waals surface area contributed by atoms with Gasteiger partial charge in [-0.25, -0.2) is 0 Å². The average molecular weight is 361 g/mol. The van der Waals surface area contributed by atoms with E-state index in [0.717, 1.165) is 23.2 Å². The monoisotopic (exact) mass is 361 g/mol. The first-order chi connectivity index (χ1) is 13.1. The Kier molecular flexibility index (Phi) is 6.42. The molecule has 140 valence electrons. The van der Waals surface area contributed by atoms with Gasteiger partial charge in [-0.1, -0.05) is 74.5 Å². The van der Waals surface area contributed by atoms with Gasteiger partial charge in [-0.2, -0.15) is 5.10 Å². The van der Waals surface area contributed by atoms with E-state index in [1.54, 1.807) is 0 Å². The Bertz CT molecular complexity index is 854. The van der Waals surface area contributed by atoms with Crippen LogP contribution in [0, 0.1) is 5.92 Å². The van der Waals surface area contributed by atoms with Gasteiger partial charge in [0.25, 0.3) is 0 Å². The number of nitrogens with zero attached hydrogens (tertiary/aromatic N) is 2. The number of rotatable bonds is 8. The smallest absolute Gasteiger partial charge is 0.220 e. The Morgan fingerprint density at radius 1 is 1.04 bits per heavy atom. The Hall–Kier alpha value is -2.88. The molecule has 3 rings (SSSR count). The number of aromatic nitrogens is 2. The minimum Gasteiger partial charge on any atom is -0.352 e. The minimum atomic E-state index is 0.0959. The molecule has 3 aromatic rings. The fraction of sp³-hybridized carbons (Fsp3) is 0.304. The molecule has 1 heterocycles. The van der Waals surface area contributed by atoms with Gasteiger partial charge in [0.2, 0.25) is 5.91 Å². The Morgan fingerprint density at radius 2 is 1.70 bits per heavy atom. The molecule has 0 aliphatic heterocycles. The van der Waals surface area contributed by atoms with E-state index in [2.05, 4.69) is 43.4 Å². The second-order valence-corrected chi connectivity index (χ2v) is 7.26. The third-order valence-electron chi connectivity index (χ3n) is 4.50. The van der Waals surface area contributed by atoms with Gasteiger partial charge in [-0.3, -0.25) is 9.48 Å². The molecule has 27 heavy (non-hydrogen) atoms. The predicted octanol–water partition coefficient (Wildman–Crippen LogP) is 4.65. The molecule has 4 heteroatoms. The van der Waals surface area contributed by atoms with Crippen molar-refractivity contribution < 1.29 is 4.79 Å². The van der Waals surface area contributed by atoms with Crippen molar-refractivity contribution in [2.75, 3.05) is 0 Å². The lowest BCUT2D eigenvalue weighted by atomic mass is 10.1. The van der Waals surface area contributed by atoms with Crippen LogP contribution in [0.1, 0.15) is 37.8 Å². The Morgan fingerprint density at radius 3 is 2.37 bits per heavy atom. The lowest BCUT2D eigenvalue weighted by Gasteiger charge is -2.07. The largest absolute Gasteiger partial charge is 0.352 e. The van der Waals surface area contributed by atoms with Crippen LogP contribution >= 0.6 is 0 Å². The van der Waals surface area contributed by atoms with Gasteiger partial charge >= 0.3 is 0 Å². The summed E-state index contributed by atoms with van der Waals surface area (Å²) >= 11 is 0. The van der Waals surface area contributed by atoms with Crippen LogP contribution in [-0.4, -0.2) is 15.7 Å². The second kappa shape index (κ2) is 9.17. The van der Waals surface area contributed by atoms with E-state index in [4.69, 9.17) is 5.10 Å². The van der Waals surface area contributed by atoms with Crippen molar-refractivity contribution in [3.63, 3.8) is 0 Å². The second-order valence-electron chi connectivity index (χ2n) is 7.26. The van der Waals surface area contributed by atoms with E-state index in [0.29, 0.717) is 25.4 Å². The third kappa shape index (κ3) is 5.55. The highest BCUT2D eigenvalue weighted by molar-refractivity contribution is 5.76. The van der Waals surface area contributed by atoms with Crippen LogP contribution in [-0.2, 0) is 17.9 Å². The summed E-state index contributed by atoms with van der Waals surface area (Å²) in [6, 6.07) is 20.4. The van der Waals surface area contributed by atoms with E-state index in [-0.39, 0.29) is 5.91 Å². The van der Waals surface area contributed by atoms with Gasteiger partial charge < -0.3 is 5.32 Å². The molecule has 1 amide bonds. The van der Waals surface area contributed by atoms with Gasteiger partial charge in [0.1, 0.15) is 0 Å². The molecule has 0 aliphatic carbocycles. The number of carbonyl (C=O) groups is 1. The number of benzene rings is 2. The zero-order valence-electron chi connectivity index (χ0n) is 16.1. The van der Waals surface area contributed by atoms with Crippen molar-refractivity contribution in [3.8, 4) is 11.3 Å². The van der Waals surface area contributed by atoms with Crippen LogP contribution in [0.25, 0.3) is 11.3 Å². The van der Waals surface area contributed by atoms with Crippen LogP contribution in [0.2, 0.25) is 0 Å². The summed E-state index contributed by atoms with van der Waals surface area (Å²) in [5.74, 6) is 0.628. The first-order valence-corrected chi connectivity index (χ1v) is 9.54. The molecule has 4 nitrogen and oxygen atoms in total. The number of hydrogen-bond acceptors (Lipinski definition) is 2. The molecular formula is C23H27N3O. The molecule has 0 unspecified atom stereocenters. The van der Waals surface area contributed by atoms with Crippen molar-refractivity contribution >= 4 is 5.91 Å². The van der Waals surface area contributed by atoms with Gasteiger partial charge in [-0.15, -0.1) is 0 Å². The minimum absolute atomic E-state index is 0.0959. The molecule has 0 saturated heterocycles. The Labute approximate surface area is 161 Å². The third-order valence-corrected chi connectivity index (χ3v) is 4.50. The van der Waals surface area contributed by atoms with Crippen molar-refractivity contribution in [2.45, 2.75) is 39.8 Å². The molecule has 0 atom stereocenters. The number of carbonyl (C=O) groups excluding carboxylic acids is 1. The van der Waals surface area contributed by atoms with Gasteiger partial charge in [0.05, 0.1) is 12.2 Å². The SMILES string of the molecule is CC(C)CCC(=O)NCc1cn(Cc2ccccc2)nc1-c1ccccc1. The maximum absolute atomic E-state index is 12.1. The Balaban J connectivity index is 1.77. The van der Waals surface area contributed by atoms with E-state index in [1.165, 1.54) is 5.56 Å². The zero-order chi connectivity index (χ0) is 19.1. The van der Waals surface area contributed by atoms with Crippen LogP contribution in [0.5, 0.6) is 0 Å². The summed E-state index contributed by atoms with van der Waals surface area (Å²) in [5, 5.41) is 7.84. The van der Waals surface area contributed by atoms with E-state index < -0.39 is 0 Å². The van der Waals surface area contributed by atoms with Gasteiger partial charge in [0.15, 0.2) is 0 Å². The summed E-state index contributed by atoms with van der Waals surface area (Å²) in [4.78, 5) is 12.1. The molecule has 0 saturated carbocycles. The lowest BCUT2D eigenvalue weighted by molar-refractivity contribution is -0.121. The summed E-state index contributed by atoms with van der Waals surface area (Å²) in [6.07, 6.45) is 3.51. The van der Waals surface area contributed by atoms with Gasteiger partial charge in [-0.05, 0) is 17.9 Å². The maximum atomic E-state index is 12.1. The highest BCUT2D eigenvalue weighted by Crippen LogP contribution is 2.22. The van der Waals surface area contributed by atoms with Crippen molar-refractivity contribution in [3.05, 3.63) is 78.0 Å². The quantitative estimate of drug-likeness (QED) is 0.635. The summed E-state index contributed by atoms with van der Waals surface area (Å²) < 4.78 is 1.95. The zero-order valence-corrected chi connectivity index (χ0v) is 16.1. The molecule has 1 aromatic heterocycles. The van der Waals surface area contributed by atoms with Crippen LogP contribution in [0.3, 0.4) is 0 Å². The summed E-state index contributed by atoms with van der Waals surface area (Å²) in [6.45, 7) is 5.47. The highest BCUT2D eigenvalue weighted by Gasteiger charge is 2.13. The maximum Gasteiger partial charge on any atom is 0.220 e. The summed E-state index contributed by atoms with van der Waals surface area (Å²) in [7, 11) is 0. The van der Waals surface area contributed by atoms with Crippen molar-refractivity contribution in [2.24, 2.45) is 5.92 Å². The topological polar surface area (TPSA) is 46.9 Å². The molecule has 0 aliphatic rings. The van der Waals surface area contributed by atoms with Gasteiger partial charge in [0, 0.05) is 30.3 Å². The fourth-order valence-electron chi connectivity index (χ4n) is 2.98. The van der Waals surface area contributed by atoms with E-state index in [1.807, 2.05) is 47.3 Å². The standard InChI is InChI=1S/C23H27N3O/c1-18(2)13-14-22(27)24-15-21-17-26(16-19-9-5-3-6-10-19)25-23(21)20-11-7-4-8-12-20/h3-12,17-18H,13-16H2,1-2H3,(H,24,27). The molecule has 0 spiro atoms. The normalized spacial score (nSPS) is 10.9. The first kappa shape index (κ1) is 18.9. The molecule has 0 bridgehead atoms. The fourth-order valence-corrected chi connectivity index (χ4v) is 2.98. The highest BCUT2D eigenvalue weighted by atomic mass is 16.1. The van der Waals surface area contributed by atoms with E-state index in [9.17, 15) is 4.79 Å². The first-order valence-electron chi connectivity index (χ1n) is 9.54. The van der Waals surface area contributed by atoms with Crippen molar-refractivity contribution in [1.29, 1.82) is 0 Å². The number of nitrogens with one attached hydrogen (secondary N) is 1. The summed E-state index contributed by atoms with van der Waals surface area (Å²) in [5.41, 5.74) is 4.23. The molecular weight excluding hydrogens is 334 g/mol.